The van der Waals surface area contributed by atoms with Crippen molar-refractivity contribution in [3.63, 3.8) is 0 Å². The molecular formula is C28H24F2NO3S+. The number of halogens is 2. The Morgan fingerprint density at radius 2 is 1.69 bits per heavy atom. The van der Waals surface area contributed by atoms with Crippen LogP contribution in [0, 0.1) is 11.6 Å². The van der Waals surface area contributed by atoms with Gasteiger partial charge in [0.15, 0.2) is 16.1 Å². The highest BCUT2D eigenvalue weighted by Crippen LogP contribution is 2.37. The second-order valence-corrected chi connectivity index (χ2v) is 9.55. The average Bonchev–Trinajstić information content (AvgIpc) is 2.85. The van der Waals surface area contributed by atoms with Gasteiger partial charge in [0.2, 0.25) is 5.91 Å². The lowest BCUT2D eigenvalue weighted by molar-refractivity contribution is -0.115. The normalized spacial score (nSPS) is 11.7. The van der Waals surface area contributed by atoms with Gasteiger partial charge in [-0.05, 0) is 55.0 Å². The highest BCUT2D eigenvalue weighted by atomic mass is 32.2. The largest absolute Gasteiger partial charge is 0.457 e. The Hall–Kier alpha value is -3.68. The number of carbonyl (C=O) groups is 1. The van der Waals surface area contributed by atoms with Gasteiger partial charge in [-0.25, -0.2) is 8.78 Å². The quantitative estimate of drug-likeness (QED) is 0.259. The van der Waals surface area contributed by atoms with Crippen molar-refractivity contribution in [3.05, 3.63) is 108 Å². The van der Waals surface area contributed by atoms with Crippen molar-refractivity contribution in [1.82, 2.24) is 0 Å². The molecule has 4 nitrogen and oxygen atoms in total. The Labute approximate surface area is 205 Å². The second-order valence-electron chi connectivity index (χ2n) is 7.77. The summed E-state index contributed by atoms with van der Waals surface area (Å²) in [4.78, 5) is 13.5. The van der Waals surface area contributed by atoms with E-state index in [9.17, 15) is 18.1 Å². The summed E-state index contributed by atoms with van der Waals surface area (Å²) in [5, 5.41) is 2.84. The van der Waals surface area contributed by atoms with Gasteiger partial charge < -0.3 is 10.1 Å². The molecule has 178 valence electrons. The van der Waals surface area contributed by atoms with E-state index in [2.05, 4.69) is 5.32 Å². The van der Waals surface area contributed by atoms with E-state index in [-0.39, 0.29) is 23.8 Å². The molecule has 1 amide bonds. The molecule has 0 heterocycles. The fourth-order valence-electron chi connectivity index (χ4n) is 3.57. The van der Waals surface area contributed by atoms with Crippen LogP contribution in [0.5, 0.6) is 11.5 Å². The van der Waals surface area contributed by atoms with E-state index >= 15 is 0 Å². The Morgan fingerprint density at radius 1 is 0.914 bits per heavy atom. The minimum Gasteiger partial charge on any atom is -0.457 e. The first-order valence-corrected chi connectivity index (χ1v) is 12.4. The Bertz CT molecular complexity index is 1330. The standard InChI is InChI=1S/C28H23F2NO3S/c1-2-35(33)23-13-10-19(11-14-23)16-28(32)31-21-12-15-25(24-8-3-4-9-26(24)30)27(18-21)34-22-7-5-6-20(29)17-22/h3-15,17-18,33H,2,16H2,1H3/p+1. The van der Waals surface area contributed by atoms with E-state index in [4.69, 9.17) is 4.74 Å². The van der Waals surface area contributed by atoms with Gasteiger partial charge in [0.05, 0.1) is 6.42 Å². The van der Waals surface area contributed by atoms with E-state index in [1.807, 2.05) is 31.2 Å². The Morgan fingerprint density at radius 3 is 2.40 bits per heavy atom. The molecule has 0 spiro atoms. The van der Waals surface area contributed by atoms with Crippen LogP contribution in [0.4, 0.5) is 14.5 Å². The van der Waals surface area contributed by atoms with Crippen LogP contribution in [0.3, 0.4) is 0 Å². The van der Waals surface area contributed by atoms with E-state index < -0.39 is 22.8 Å². The molecule has 0 aromatic heterocycles. The van der Waals surface area contributed by atoms with Gasteiger partial charge in [0.1, 0.15) is 28.9 Å². The van der Waals surface area contributed by atoms with Crippen molar-refractivity contribution in [1.29, 1.82) is 0 Å². The lowest BCUT2D eigenvalue weighted by atomic mass is 10.0. The lowest BCUT2D eigenvalue weighted by Gasteiger charge is -2.15. The predicted octanol–water partition coefficient (Wildman–Crippen LogP) is 7.08. The van der Waals surface area contributed by atoms with Crippen molar-refractivity contribution in [3.8, 4) is 22.6 Å². The molecule has 0 saturated carbocycles. The fourth-order valence-corrected chi connectivity index (χ4v) is 4.35. The van der Waals surface area contributed by atoms with Crippen molar-refractivity contribution >= 4 is 22.8 Å². The van der Waals surface area contributed by atoms with Crippen molar-refractivity contribution in [2.24, 2.45) is 0 Å². The molecule has 7 heteroatoms. The second kappa shape index (κ2) is 11.2. The smallest absolute Gasteiger partial charge is 0.228 e. The van der Waals surface area contributed by atoms with E-state index in [1.54, 1.807) is 42.5 Å². The summed E-state index contributed by atoms with van der Waals surface area (Å²) in [5.74, 6) is 0.0380. The maximum Gasteiger partial charge on any atom is 0.228 e. The molecular weight excluding hydrogens is 468 g/mol. The number of nitrogens with one attached hydrogen (secondary N) is 1. The highest BCUT2D eigenvalue weighted by Gasteiger charge is 2.17. The van der Waals surface area contributed by atoms with Gasteiger partial charge in [-0.2, -0.15) is 4.55 Å². The van der Waals surface area contributed by atoms with Crippen LogP contribution in [-0.2, 0) is 22.4 Å². The third kappa shape index (κ3) is 6.26. The molecule has 4 rings (SSSR count). The molecule has 0 aliphatic carbocycles. The van der Waals surface area contributed by atoms with Crippen molar-refractivity contribution in [2.45, 2.75) is 18.2 Å². The molecule has 0 aliphatic rings. The monoisotopic (exact) mass is 492 g/mol. The molecule has 35 heavy (non-hydrogen) atoms. The van der Waals surface area contributed by atoms with Gasteiger partial charge in [-0.3, -0.25) is 4.79 Å². The molecule has 0 saturated heterocycles. The lowest BCUT2D eigenvalue weighted by Crippen LogP contribution is -2.14. The van der Waals surface area contributed by atoms with Crippen LogP contribution >= 0.6 is 0 Å². The van der Waals surface area contributed by atoms with Gasteiger partial charge in [-0.1, -0.05) is 36.4 Å². The first-order chi connectivity index (χ1) is 16.9. The Balaban J connectivity index is 1.57. The molecule has 4 aromatic rings. The zero-order chi connectivity index (χ0) is 24.8. The zero-order valence-electron chi connectivity index (χ0n) is 19.0. The van der Waals surface area contributed by atoms with Crippen molar-refractivity contribution < 1.29 is 22.9 Å². The van der Waals surface area contributed by atoms with Crippen LogP contribution in [-0.4, -0.2) is 16.2 Å². The van der Waals surface area contributed by atoms with Gasteiger partial charge in [0.25, 0.3) is 0 Å². The predicted molar refractivity (Wildman–Crippen MR) is 136 cm³/mol. The topological polar surface area (TPSA) is 58.6 Å². The number of hydrogen-bond donors (Lipinski definition) is 2. The number of carbonyl (C=O) groups excluding carboxylic acids is 1. The number of benzene rings is 4. The number of hydrogen-bond acceptors (Lipinski definition) is 3. The zero-order valence-corrected chi connectivity index (χ0v) is 19.8. The molecule has 0 fully saturated rings. The van der Waals surface area contributed by atoms with Crippen molar-refractivity contribution in [2.75, 3.05) is 11.1 Å². The van der Waals surface area contributed by atoms with E-state index in [0.29, 0.717) is 22.6 Å². The first-order valence-electron chi connectivity index (χ1n) is 11.0. The van der Waals surface area contributed by atoms with Crippen LogP contribution in [0.2, 0.25) is 0 Å². The van der Waals surface area contributed by atoms with Crippen LogP contribution in [0.25, 0.3) is 11.1 Å². The summed E-state index contributed by atoms with van der Waals surface area (Å²) in [6.45, 7) is 1.91. The summed E-state index contributed by atoms with van der Waals surface area (Å²) < 4.78 is 44.1. The number of amides is 1. The summed E-state index contributed by atoms with van der Waals surface area (Å²) in [6, 6.07) is 24.1. The number of ether oxygens (including phenoxy) is 1. The molecule has 1 unspecified atom stereocenters. The third-order valence-electron chi connectivity index (χ3n) is 5.29. The minimum atomic E-state index is -0.799. The minimum absolute atomic E-state index is 0.140. The highest BCUT2D eigenvalue weighted by molar-refractivity contribution is 7.91. The summed E-state index contributed by atoms with van der Waals surface area (Å²) >= 11 is -0.799. The van der Waals surface area contributed by atoms with Gasteiger partial charge >= 0.3 is 0 Å². The molecule has 0 aliphatic heterocycles. The van der Waals surface area contributed by atoms with Crippen LogP contribution in [0.1, 0.15) is 12.5 Å². The Kier molecular flexibility index (Phi) is 7.80. The van der Waals surface area contributed by atoms with E-state index in [0.717, 1.165) is 10.5 Å². The fraction of sp³-hybridized carbons (Fsp3) is 0.107. The van der Waals surface area contributed by atoms with Gasteiger partial charge in [0, 0.05) is 28.9 Å². The summed E-state index contributed by atoms with van der Waals surface area (Å²) in [6.07, 6.45) is 0.140. The molecule has 4 aromatic carbocycles. The van der Waals surface area contributed by atoms with Crippen LogP contribution in [0.15, 0.2) is 95.9 Å². The maximum absolute atomic E-state index is 14.5. The average molecular weight is 493 g/mol. The van der Waals surface area contributed by atoms with Gasteiger partial charge in [-0.15, -0.1) is 0 Å². The molecule has 0 radical (unpaired) electrons. The summed E-state index contributed by atoms with van der Waals surface area (Å²) in [5.41, 5.74) is 2.06. The molecule has 1 atom stereocenters. The first kappa shape index (κ1) is 24.4. The van der Waals surface area contributed by atoms with E-state index in [1.165, 1.54) is 24.3 Å². The maximum atomic E-state index is 14.5. The SMILES string of the molecule is CC[S+](O)c1ccc(CC(=O)Nc2ccc(-c3ccccc3F)c(Oc3cccc(F)c3)c2)cc1. The molecule has 0 bridgehead atoms. The number of anilines is 1. The van der Waals surface area contributed by atoms with Crippen LogP contribution < -0.4 is 10.1 Å². The third-order valence-corrected chi connectivity index (χ3v) is 6.65. The number of rotatable bonds is 8. The molecule has 2 N–H and O–H groups in total. The summed E-state index contributed by atoms with van der Waals surface area (Å²) in [7, 11) is 0.